The van der Waals surface area contributed by atoms with Gasteiger partial charge in [-0.2, -0.15) is 0 Å². The van der Waals surface area contributed by atoms with Gasteiger partial charge in [-0.3, -0.25) is 0 Å². The number of nitrogen functional groups attached to an aromatic ring is 2. The molecule has 0 saturated heterocycles. The van der Waals surface area contributed by atoms with Crippen LogP contribution in [0.2, 0.25) is 0 Å². The van der Waals surface area contributed by atoms with Crippen molar-refractivity contribution in [3.63, 3.8) is 0 Å². The lowest BCUT2D eigenvalue weighted by atomic mass is 10.1. The topological polar surface area (TPSA) is 100 Å². The summed E-state index contributed by atoms with van der Waals surface area (Å²) in [6, 6.07) is 1.51. The van der Waals surface area contributed by atoms with Crippen LogP contribution in [0, 0.1) is 0 Å². The largest absolute Gasteiger partial charge is 0.396 e. The molecule has 72 valence electrons. The van der Waals surface area contributed by atoms with Crippen LogP contribution in [0.1, 0.15) is 11.6 Å². The Balaban J connectivity index is 2.84. The van der Waals surface area contributed by atoms with Crippen LogP contribution in [0.3, 0.4) is 0 Å². The Morgan fingerprint density at radius 1 is 1.54 bits per heavy atom. The fourth-order valence-electron chi connectivity index (χ4n) is 0.988. The van der Waals surface area contributed by atoms with Gasteiger partial charge in [0.2, 0.25) is 0 Å². The van der Waals surface area contributed by atoms with Crippen molar-refractivity contribution in [2.24, 2.45) is 5.73 Å². The first-order valence-electron chi connectivity index (χ1n) is 3.90. The number of methoxy groups -OCH3 is 1. The van der Waals surface area contributed by atoms with E-state index in [1.165, 1.54) is 0 Å². The number of ether oxygens (including phenoxy) is 1. The molecule has 0 spiro atoms. The SMILES string of the molecule is COC[C@H](N)c1cnc(N)c(N)c1. The Labute approximate surface area is 76.9 Å². The Morgan fingerprint density at radius 3 is 2.77 bits per heavy atom. The molecule has 0 radical (unpaired) electrons. The fraction of sp³-hybridized carbons (Fsp3) is 0.375. The molecule has 0 unspecified atom stereocenters. The molecule has 0 fully saturated rings. The van der Waals surface area contributed by atoms with Gasteiger partial charge in [0.1, 0.15) is 5.82 Å². The zero-order valence-corrected chi connectivity index (χ0v) is 7.53. The van der Waals surface area contributed by atoms with E-state index in [0.717, 1.165) is 5.56 Å². The van der Waals surface area contributed by atoms with Crippen LogP contribution in [0.5, 0.6) is 0 Å². The molecule has 0 amide bonds. The van der Waals surface area contributed by atoms with Crippen molar-refractivity contribution in [2.75, 3.05) is 25.2 Å². The highest BCUT2D eigenvalue weighted by Gasteiger charge is 2.07. The maximum Gasteiger partial charge on any atom is 0.146 e. The lowest BCUT2D eigenvalue weighted by molar-refractivity contribution is 0.181. The molecule has 0 aliphatic carbocycles. The van der Waals surface area contributed by atoms with Crippen LogP contribution in [0.4, 0.5) is 11.5 Å². The molecule has 1 atom stereocenters. The average molecular weight is 182 g/mol. The molecule has 1 rings (SSSR count). The van der Waals surface area contributed by atoms with Gasteiger partial charge in [-0.25, -0.2) is 4.98 Å². The summed E-state index contributed by atoms with van der Waals surface area (Å²) in [5, 5.41) is 0. The van der Waals surface area contributed by atoms with Crippen molar-refractivity contribution < 1.29 is 4.74 Å². The summed E-state index contributed by atoms with van der Waals surface area (Å²) in [5.74, 6) is 0.327. The number of pyridine rings is 1. The molecule has 5 nitrogen and oxygen atoms in total. The average Bonchev–Trinajstić information content (AvgIpc) is 2.10. The Kier molecular flexibility index (Phi) is 3.05. The van der Waals surface area contributed by atoms with Crippen molar-refractivity contribution in [1.29, 1.82) is 0 Å². The van der Waals surface area contributed by atoms with Crippen LogP contribution in [0.25, 0.3) is 0 Å². The fourth-order valence-corrected chi connectivity index (χ4v) is 0.988. The van der Waals surface area contributed by atoms with E-state index in [1.807, 2.05) is 0 Å². The number of nitrogens with two attached hydrogens (primary N) is 3. The number of nitrogens with zero attached hydrogens (tertiary/aromatic N) is 1. The quantitative estimate of drug-likeness (QED) is 0.605. The van der Waals surface area contributed by atoms with Gasteiger partial charge in [0.15, 0.2) is 0 Å². The first-order valence-corrected chi connectivity index (χ1v) is 3.90. The van der Waals surface area contributed by atoms with E-state index in [2.05, 4.69) is 4.98 Å². The Morgan fingerprint density at radius 2 is 2.23 bits per heavy atom. The normalized spacial score (nSPS) is 12.8. The van der Waals surface area contributed by atoms with E-state index in [1.54, 1.807) is 19.4 Å². The van der Waals surface area contributed by atoms with Crippen LogP contribution in [0.15, 0.2) is 12.3 Å². The van der Waals surface area contributed by atoms with Crippen molar-refractivity contribution in [1.82, 2.24) is 4.98 Å². The molecule has 1 heterocycles. The molecule has 0 aromatic carbocycles. The number of hydrogen-bond acceptors (Lipinski definition) is 5. The van der Waals surface area contributed by atoms with Crippen LogP contribution in [-0.4, -0.2) is 18.7 Å². The second-order valence-electron chi connectivity index (χ2n) is 2.80. The van der Waals surface area contributed by atoms with Gasteiger partial charge < -0.3 is 21.9 Å². The number of anilines is 2. The monoisotopic (exact) mass is 182 g/mol. The van der Waals surface area contributed by atoms with Gasteiger partial charge >= 0.3 is 0 Å². The Hall–Kier alpha value is -1.33. The summed E-state index contributed by atoms with van der Waals surface area (Å²) in [7, 11) is 1.59. The summed E-state index contributed by atoms with van der Waals surface area (Å²) in [4.78, 5) is 3.90. The van der Waals surface area contributed by atoms with Crippen LogP contribution >= 0.6 is 0 Å². The number of aromatic nitrogens is 1. The minimum absolute atomic E-state index is 0.208. The van der Waals surface area contributed by atoms with Gasteiger partial charge in [-0.1, -0.05) is 0 Å². The lowest BCUT2D eigenvalue weighted by Crippen LogP contribution is -2.16. The van der Waals surface area contributed by atoms with Gasteiger partial charge in [-0.05, 0) is 11.6 Å². The number of hydrogen-bond donors (Lipinski definition) is 3. The van der Waals surface area contributed by atoms with Crippen molar-refractivity contribution in [3.05, 3.63) is 17.8 Å². The maximum atomic E-state index is 5.76. The molecule has 6 N–H and O–H groups in total. The summed E-state index contributed by atoms with van der Waals surface area (Å²) in [6.07, 6.45) is 1.61. The van der Waals surface area contributed by atoms with Crippen molar-refractivity contribution in [3.8, 4) is 0 Å². The van der Waals surface area contributed by atoms with Crippen molar-refractivity contribution in [2.45, 2.75) is 6.04 Å². The molecular formula is C8H14N4O. The molecule has 0 bridgehead atoms. The molecule has 1 aromatic heterocycles. The molecular weight excluding hydrogens is 168 g/mol. The highest BCUT2D eigenvalue weighted by Crippen LogP contribution is 2.16. The zero-order valence-electron chi connectivity index (χ0n) is 7.53. The van der Waals surface area contributed by atoms with E-state index >= 15 is 0 Å². The van der Waals surface area contributed by atoms with E-state index in [-0.39, 0.29) is 6.04 Å². The lowest BCUT2D eigenvalue weighted by Gasteiger charge is -2.11. The van der Waals surface area contributed by atoms with E-state index in [0.29, 0.717) is 18.1 Å². The summed E-state index contributed by atoms with van der Waals surface area (Å²) in [6.45, 7) is 0.436. The minimum atomic E-state index is -0.208. The first-order chi connectivity index (χ1) is 6.15. The number of rotatable bonds is 3. The third-order valence-electron chi connectivity index (χ3n) is 1.75. The first kappa shape index (κ1) is 9.76. The van der Waals surface area contributed by atoms with E-state index in [4.69, 9.17) is 21.9 Å². The molecule has 0 saturated carbocycles. The van der Waals surface area contributed by atoms with E-state index in [9.17, 15) is 0 Å². The highest BCUT2D eigenvalue weighted by atomic mass is 16.5. The van der Waals surface area contributed by atoms with Crippen LogP contribution < -0.4 is 17.2 Å². The predicted octanol–water partition coefficient (Wildman–Crippen LogP) is -0.108. The second-order valence-corrected chi connectivity index (χ2v) is 2.80. The van der Waals surface area contributed by atoms with Crippen LogP contribution in [-0.2, 0) is 4.74 Å². The van der Waals surface area contributed by atoms with Gasteiger partial charge in [0, 0.05) is 13.3 Å². The Bertz CT molecular complexity index is 289. The third-order valence-corrected chi connectivity index (χ3v) is 1.75. The van der Waals surface area contributed by atoms with Gasteiger partial charge in [0.05, 0.1) is 18.3 Å². The molecule has 5 heteroatoms. The molecule has 0 aliphatic heterocycles. The van der Waals surface area contributed by atoms with E-state index < -0.39 is 0 Å². The summed E-state index contributed by atoms with van der Waals surface area (Å²) < 4.78 is 4.90. The third kappa shape index (κ3) is 2.30. The molecule has 1 aromatic rings. The maximum absolute atomic E-state index is 5.76. The zero-order chi connectivity index (χ0) is 9.84. The summed E-state index contributed by atoms with van der Waals surface area (Å²) in [5.41, 5.74) is 18.1. The highest BCUT2D eigenvalue weighted by molar-refractivity contribution is 5.58. The standard InChI is InChI=1S/C8H14N4O/c1-13-4-7(10)5-2-6(9)8(11)12-3-5/h2-3,7H,4,9-10H2,1H3,(H2,11,12)/t7-/m0/s1. The molecule has 0 aliphatic rings. The smallest absolute Gasteiger partial charge is 0.146 e. The summed E-state index contributed by atoms with van der Waals surface area (Å²) >= 11 is 0. The minimum Gasteiger partial charge on any atom is -0.396 e. The molecule has 13 heavy (non-hydrogen) atoms. The predicted molar refractivity (Wildman–Crippen MR) is 51.9 cm³/mol. The van der Waals surface area contributed by atoms with Gasteiger partial charge in [-0.15, -0.1) is 0 Å². The van der Waals surface area contributed by atoms with Crippen molar-refractivity contribution >= 4 is 11.5 Å². The van der Waals surface area contributed by atoms with Gasteiger partial charge in [0.25, 0.3) is 0 Å². The second kappa shape index (κ2) is 4.06.